The van der Waals surface area contributed by atoms with E-state index >= 15 is 0 Å². The van der Waals surface area contributed by atoms with Gasteiger partial charge in [0, 0.05) is 19.1 Å². The number of nitrogens with two attached hydrogens (primary N) is 1. The molecule has 0 saturated carbocycles. The van der Waals surface area contributed by atoms with Gasteiger partial charge < -0.3 is 20.9 Å². The maximum atomic E-state index is 12.3. The summed E-state index contributed by atoms with van der Waals surface area (Å²) in [5.41, 5.74) is 5.65. The first-order chi connectivity index (χ1) is 12.0. The lowest BCUT2D eigenvalue weighted by Gasteiger charge is -2.27. The fourth-order valence-corrected chi connectivity index (χ4v) is 2.30. The number of nitrogens with one attached hydrogen (secondary N) is 1. The van der Waals surface area contributed by atoms with Crippen molar-refractivity contribution in [1.82, 2.24) is 10.2 Å². The molecule has 0 aromatic heterocycles. The average Bonchev–Trinajstić information content (AvgIpc) is 2.53. The summed E-state index contributed by atoms with van der Waals surface area (Å²) in [5.74, 6) is -4.40. The number of carbonyl (C=O) groups is 5. The predicted octanol–water partition coefficient (Wildman–Crippen LogP) is -1.08. The van der Waals surface area contributed by atoms with Crippen LogP contribution in [0.3, 0.4) is 0 Å². The van der Waals surface area contributed by atoms with Gasteiger partial charge in [-0.2, -0.15) is 12.6 Å². The molecule has 3 amide bonds. The number of carboxylic acids is 1. The fraction of sp³-hybridized carbons (Fsp3) is 0.667. The van der Waals surface area contributed by atoms with Crippen LogP contribution in [0.2, 0.25) is 0 Å². The maximum absolute atomic E-state index is 12.3. The van der Waals surface area contributed by atoms with E-state index in [1.54, 1.807) is 13.8 Å². The Morgan fingerprint density at radius 3 is 2.23 bits per heavy atom. The van der Waals surface area contributed by atoms with Gasteiger partial charge in [0.1, 0.15) is 18.6 Å². The second-order valence-electron chi connectivity index (χ2n) is 5.72. The standard InChI is InChI=1S/C15H25N3O7S/c1-8(2)25-15(24)10(16)4-5-12(20)18(9(3)19)11(7-26)14(23)17-6-13(21)22/h8,10-11,26H,4-7,16H2,1-3H3,(H,17,23)(H,21,22). The highest BCUT2D eigenvalue weighted by Crippen LogP contribution is 2.10. The van der Waals surface area contributed by atoms with Crippen LogP contribution < -0.4 is 11.1 Å². The van der Waals surface area contributed by atoms with Gasteiger partial charge in [-0.05, 0) is 20.3 Å². The highest BCUT2D eigenvalue weighted by molar-refractivity contribution is 7.80. The monoisotopic (exact) mass is 391 g/mol. The highest BCUT2D eigenvalue weighted by Gasteiger charge is 2.32. The number of carbonyl (C=O) groups excluding carboxylic acids is 4. The van der Waals surface area contributed by atoms with Crippen LogP contribution in [-0.2, 0) is 28.7 Å². The van der Waals surface area contributed by atoms with Crippen LogP contribution in [0.5, 0.6) is 0 Å². The summed E-state index contributed by atoms with van der Waals surface area (Å²) >= 11 is 3.95. The number of amides is 3. The van der Waals surface area contributed by atoms with E-state index in [1.807, 2.05) is 0 Å². The minimum absolute atomic E-state index is 0.0792. The number of hydrogen-bond donors (Lipinski definition) is 4. The summed E-state index contributed by atoms with van der Waals surface area (Å²) in [7, 11) is 0. The van der Waals surface area contributed by atoms with Gasteiger partial charge in [-0.3, -0.25) is 28.9 Å². The summed E-state index contributed by atoms with van der Waals surface area (Å²) in [4.78, 5) is 59.0. The summed E-state index contributed by atoms with van der Waals surface area (Å²) in [6.07, 6.45) is -0.710. The Labute approximate surface area is 156 Å². The Bertz CT molecular complexity index is 553. The van der Waals surface area contributed by atoms with Crippen molar-refractivity contribution >= 4 is 42.3 Å². The van der Waals surface area contributed by atoms with Crippen molar-refractivity contribution in [1.29, 1.82) is 0 Å². The van der Waals surface area contributed by atoms with Gasteiger partial charge in [0.05, 0.1) is 6.10 Å². The molecule has 2 unspecified atom stereocenters. The molecule has 0 bridgehead atoms. The molecule has 0 radical (unpaired) electrons. The first kappa shape index (κ1) is 23.9. The van der Waals surface area contributed by atoms with Gasteiger partial charge in [0.15, 0.2) is 0 Å². The van der Waals surface area contributed by atoms with E-state index in [-0.39, 0.29) is 24.7 Å². The topological polar surface area (TPSA) is 156 Å². The smallest absolute Gasteiger partial charge is 0.323 e. The molecule has 0 heterocycles. The van der Waals surface area contributed by atoms with Crippen LogP contribution in [0.4, 0.5) is 0 Å². The summed E-state index contributed by atoms with van der Waals surface area (Å²) in [6.45, 7) is 3.74. The molecule has 0 aromatic carbocycles. The van der Waals surface area contributed by atoms with E-state index in [0.29, 0.717) is 4.90 Å². The van der Waals surface area contributed by atoms with E-state index in [2.05, 4.69) is 17.9 Å². The van der Waals surface area contributed by atoms with Crippen LogP contribution in [0.1, 0.15) is 33.6 Å². The summed E-state index contributed by atoms with van der Waals surface area (Å²) in [6, 6.07) is -2.33. The Morgan fingerprint density at radius 1 is 1.23 bits per heavy atom. The lowest BCUT2D eigenvalue weighted by atomic mass is 10.1. The van der Waals surface area contributed by atoms with Crippen LogP contribution in [-0.4, -0.2) is 70.2 Å². The van der Waals surface area contributed by atoms with Crippen LogP contribution in [0, 0.1) is 0 Å². The molecule has 4 N–H and O–H groups in total. The highest BCUT2D eigenvalue weighted by atomic mass is 32.1. The molecule has 10 nitrogen and oxygen atoms in total. The number of ether oxygens (including phenoxy) is 1. The number of rotatable bonds is 10. The molecule has 11 heteroatoms. The summed E-state index contributed by atoms with van der Waals surface area (Å²) < 4.78 is 4.93. The molecular formula is C15H25N3O7S. The zero-order chi connectivity index (χ0) is 20.4. The Kier molecular flexibility index (Phi) is 10.5. The molecule has 26 heavy (non-hydrogen) atoms. The number of aliphatic carboxylic acids is 1. The van der Waals surface area contributed by atoms with E-state index in [0.717, 1.165) is 6.92 Å². The summed E-state index contributed by atoms with van der Waals surface area (Å²) in [5, 5.41) is 10.7. The fourth-order valence-electron chi connectivity index (χ4n) is 1.97. The largest absolute Gasteiger partial charge is 0.480 e. The number of thiol groups is 1. The maximum Gasteiger partial charge on any atom is 0.323 e. The molecule has 2 atom stereocenters. The first-order valence-corrected chi connectivity index (χ1v) is 8.53. The second kappa shape index (κ2) is 11.5. The molecule has 0 aromatic rings. The third kappa shape index (κ3) is 8.30. The van der Waals surface area contributed by atoms with Gasteiger partial charge in [-0.15, -0.1) is 0 Å². The molecule has 0 aliphatic rings. The number of esters is 1. The van der Waals surface area contributed by atoms with Crippen LogP contribution in [0.25, 0.3) is 0 Å². The lowest BCUT2D eigenvalue weighted by Crippen LogP contribution is -2.53. The Hall–Kier alpha value is -2.14. The Balaban J connectivity index is 4.97. The zero-order valence-electron chi connectivity index (χ0n) is 14.9. The number of imide groups is 1. The molecule has 0 spiro atoms. The van der Waals surface area contributed by atoms with E-state index in [9.17, 15) is 24.0 Å². The predicted molar refractivity (Wildman–Crippen MR) is 94.3 cm³/mol. The van der Waals surface area contributed by atoms with Gasteiger partial charge in [-0.25, -0.2) is 0 Å². The molecule has 148 valence electrons. The van der Waals surface area contributed by atoms with Gasteiger partial charge in [0.25, 0.3) is 0 Å². The van der Waals surface area contributed by atoms with Crippen LogP contribution >= 0.6 is 12.6 Å². The van der Waals surface area contributed by atoms with Gasteiger partial charge >= 0.3 is 11.9 Å². The van der Waals surface area contributed by atoms with Crippen molar-refractivity contribution in [3.8, 4) is 0 Å². The van der Waals surface area contributed by atoms with Crippen molar-refractivity contribution < 1.29 is 33.8 Å². The van der Waals surface area contributed by atoms with E-state index < -0.39 is 48.3 Å². The molecule has 0 fully saturated rings. The first-order valence-electron chi connectivity index (χ1n) is 7.90. The number of nitrogens with zero attached hydrogens (tertiary/aromatic N) is 1. The van der Waals surface area contributed by atoms with E-state index in [4.69, 9.17) is 15.6 Å². The number of hydrogen-bond acceptors (Lipinski definition) is 8. The normalized spacial score (nSPS) is 12.8. The van der Waals surface area contributed by atoms with Crippen molar-refractivity contribution in [2.45, 2.75) is 51.8 Å². The Morgan fingerprint density at radius 2 is 1.81 bits per heavy atom. The average molecular weight is 391 g/mol. The molecule has 0 aliphatic carbocycles. The quantitative estimate of drug-likeness (QED) is 0.271. The number of carboxylic acid groups (broad SMARTS) is 1. The minimum Gasteiger partial charge on any atom is -0.480 e. The van der Waals surface area contributed by atoms with Crippen LogP contribution in [0.15, 0.2) is 0 Å². The molecule has 0 aliphatic heterocycles. The van der Waals surface area contributed by atoms with Gasteiger partial charge in [-0.1, -0.05) is 0 Å². The zero-order valence-corrected chi connectivity index (χ0v) is 15.8. The lowest BCUT2D eigenvalue weighted by molar-refractivity contribution is -0.151. The molecule has 0 rings (SSSR count). The van der Waals surface area contributed by atoms with Crippen molar-refractivity contribution in [3.63, 3.8) is 0 Å². The van der Waals surface area contributed by atoms with Crippen molar-refractivity contribution in [2.24, 2.45) is 5.73 Å². The van der Waals surface area contributed by atoms with Crippen molar-refractivity contribution in [2.75, 3.05) is 12.3 Å². The van der Waals surface area contributed by atoms with E-state index in [1.165, 1.54) is 0 Å². The molecule has 0 saturated heterocycles. The second-order valence-corrected chi connectivity index (χ2v) is 6.09. The minimum atomic E-state index is -1.28. The van der Waals surface area contributed by atoms with Gasteiger partial charge in [0.2, 0.25) is 17.7 Å². The van der Waals surface area contributed by atoms with Crippen molar-refractivity contribution in [3.05, 3.63) is 0 Å². The third-order valence-electron chi connectivity index (χ3n) is 3.13. The third-order valence-corrected chi connectivity index (χ3v) is 3.48. The SMILES string of the molecule is CC(=O)N(C(=O)CCC(N)C(=O)OC(C)C)C(CS)C(=O)NCC(=O)O. The molecular weight excluding hydrogens is 366 g/mol.